The van der Waals surface area contributed by atoms with Gasteiger partial charge in [0.05, 0.1) is 12.3 Å². The third kappa shape index (κ3) is 9.33. The molecule has 0 aliphatic carbocycles. The molecule has 0 spiro atoms. The Kier molecular flexibility index (Phi) is 11.6. The summed E-state index contributed by atoms with van der Waals surface area (Å²) in [4.78, 5) is 4.43. The maximum Gasteiger partial charge on any atom is 0.211 e. The minimum Gasteiger partial charge on any atom is -0.357 e. The summed E-state index contributed by atoms with van der Waals surface area (Å²) in [6.45, 7) is 5.50. The lowest BCUT2D eigenvalue weighted by molar-refractivity contribution is 0.582. The first-order valence-corrected chi connectivity index (χ1v) is 9.24. The van der Waals surface area contributed by atoms with E-state index in [2.05, 4.69) is 20.3 Å². The molecule has 0 aromatic heterocycles. The second kappa shape index (κ2) is 11.9. The van der Waals surface area contributed by atoms with Crippen LogP contribution >= 0.6 is 35.6 Å². The lowest BCUT2D eigenvalue weighted by Crippen LogP contribution is -2.41. The smallest absolute Gasteiger partial charge is 0.211 e. The van der Waals surface area contributed by atoms with Crippen LogP contribution in [0.15, 0.2) is 29.3 Å². The molecule has 0 radical (unpaired) electrons. The van der Waals surface area contributed by atoms with Crippen molar-refractivity contribution in [3.05, 3.63) is 34.9 Å². The van der Waals surface area contributed by atoms with E-state index >= 15 is 0 Å². The monoisotopic (exact) mass is 474 g/mol. The van der Waals surface area contributed by atoms with Gasteiger partial charge in [0.2, 0.25) is 10.0 Å². The average Bonchev–Trinajstić information content (AvgIpc) is 2.50. The zero-order chi connectivity index (χ0) is 16.4. The Morgan fingerprint density at radius 2 is 1.87 bits per heavy atom. The third-order valence-electron chi connectivity index (χ3n) is 2.83. The van der Waals surface area contributed by atoms with E-state index in [4.69, 9.17) is 11.6 Å². The summed E-state index contributed by atoms with van der Waals surface area (Å²) in [5.74, 6) is 0.700. The van der Waals surface area contributed by atoms with Gasteiger partial charge in [0, 0.05) is 24.7 Å². The van der Waals surface area contributed by atoms with Crippen molar-refractivity contribution >= 4 is 51.6 Å². The number of hydrogen-bond acceptors (Lipinski definition) is 3. The van der Waals surface area contributed by atoms with Crippen LogP contribution in [-0.4, -0.2) is 39.8 Å². The lowest BCUT2D eigenvalue weighted by Gasteiger charge is -2.12. The maximum absolute atomic E-state index is 11.3. The Balaban J connectivity index is 0.00000484. The minimum absolute atomic E-state index is 0. The summed E-state index contributed by atoms with van der Waals surface area (Å²) >= 11 is 6.09. The van der Waals surface area contributed by atoms with Crippen molar-refractivity contribution in [2.45, 2.75) is 20.4 Å². The molecule has 0 atom stereocenters. The summed E-state index contributed by atoms with van der Waals surface area (Å²) in [5, 5.41) is 6.86. The standard InChI is InChI=1S/C14H23ClN4O2S.HI/c1-3-16-14(17-9-10-19-22(20,21)4-2)18-11-12-7-5-6-8-13(12)15;/h5-8,19H,3-4,9-11H2,1-2H3,(H2,16,17,18);1H. The fourth-order valence-corrected chi connectivity index (χ4v) is 2.43. The highest BCUT2D eigenvalue weighted by atomic mass is 127. The van der Waals surface area contributed by atoms with Crippen molar-refractivity contribution in [3.63, 3.8) is 0 Å². The second-order valence-corrected chi connectivity index (χ2v) is 7.01. The highest BCUT2D eigenvalue weighted by Crippen LogP contribution is 2.15. The second-order valence-electron chi connectivity index (χ2n) is 4.51. The molecular weight excluding hydrogens is 451 g/mol. The number of hydrogen-bond donors (Lipinski definition) is 3. The number of nitrogens with zero attached hydrogens (tertiary/aromatic N) is 1. The molecule has 0 amide bonds. The topological polar surface area (TPSA) is 82.6 Å². The quantitative estimate of drug-likeness (QED) is 0.233. The van der Waals surface area contributed by atoms with Gasteiger partial charge in [0.15, 0.2) is 5.96 Å². The molecule has 132 valence electrons. The van der Waals surface area contributed by atoms with Crippen molar-refractivity contribution in [2.24, 2.45) is 4.99 Å². The maximum atomic E-state index is 11.3. The van der Waals surface area contributed by atoms with Gasteiger partial charge in [-0.3, -0.25) is 0 Å². The molecule has 3 N–H and O–H groups in total. The van der Waals surface area contributed by atoms with Crippen LogP contribution in [0.5, 0.6) is 0 Å². The van der Waals surface area contributed by atoms with Crippen LogP contribution in [0.1, 0.15) is 19.4 Å². The van der Waals surface area contributed by atoms with E-state index in [1.807, 2.05) is 31.2 Å². The zero-order valence-electron chi connectivity index (χ0n) is 13.3. The van der Waals surface area contributed by atoms with Crippen LogP contribution in [0.25, 0.3) is 0 Å². The summed E-state index contributed by atoms with van der Waals surface area (Å²) in [6, 6.07) is 7.53. The molecule has 1 aromatic rings. The number of aliphatic imine (C=N–C) groups is 1. The van der Waals surface area contributed by atoms with E-state index in [0.29, 0.717) is 30.6 Å². The van der Waals surface area contributed by atoms with Crippen molar-refractivity contribution in [1.82, 2.24) is 15.4 Å². The molecule has 0 fully saturated rings. The number of benzene rings is 1. The van der Waals surface area contributed by atoms with Crippen LogP contribution in [0.2, 0.25) is 5.02 Å². The summed E-state index contributed by atoms with van der Waals surface area (Å²) in [7, 11) is -3.16. The van der Waals surface area contributed by atoms with Gasteiger partial charge in [0.25, 0.3) is 0 Å². The Hall–Kier alpha value is -0.580. The van der Waals surface area contributed by atoms with E-state index in [1.165, 1.54) is 0 Å². The van der Waals surface area contributed by atoms with Gasteiger partial charge >= 0.3 is 0 Å². The average molecular weight is 475 g/mol. The molecular formula is C14H24ClIN4O2S. The highest BCUT2D eigenvalue weighted by molar-refractivity contribution is 14.0. The van der Waals surface area contributed by atoms with E-state index in [-0.39, 0.29) is 29.7 Å². The largest absolute Gasteiger partial charge is 0.357 e. The molecule has 0 unspecified atom stereocenters. The van der Waals surface area contributed by atoms with Gasteiger partial charge in [0.1, 0.15) is 0 Å². The first-order chi connectivity index (χ1) is 10.5. The van der Waals surface area contributed by atoms with Crippen molar-refractivity contribution in [3.8, 4) is 0 Å². The molecule has 0 saturated carbocycles. The summed E-state index contributed by atoms with van der Waals surface area (Å²) in [5.41, 5.74) is 0.938. The van der Waals surface area contributed by atoms with Crippen LogP contribution < -0.4 is 15.4 Å². The molecule has 0 heterocycles. The molecule has 0 aliphatic rings. The summed E-state index contributed by atoms with van der Waals surface area (Å²) < 4.78 is 25.1. The molecule has 1 rings (SSSR count). The van der Waals surface area contributed by atoms with Gasteiger partial charge in [-0.2, -0.15) is 0 Å². The van der Waals surface area contributed by atoms with Gasteiger partial charge in [-0.25, -0.2) is 18.1 Å². The highest BCUT2D eigenvalue weighted by Gasteiger charge is 2.05. The number of nitrogens with one attached hydrogen (secondary N) is 3. The van der Waals surface area contributed by atoms with E-state index in [1.54, 1.807) is 6.92 Å². The van der Waals surface area contributed by atoms with E-state index in [0.717, 1.165) is 12.1 Å². The number of guanidine groups is 1. The SMILES string of the molecule is CCNC(=NCc1ccccc1Cl)NCCNS(=O)(=O)CC.I. The van der Waals surface area contributed by atoms with Crippen LogP contribution in [-0.2, 0) is 16.6 Å². The van der Waals surface area contributed by atoms with Gasteiger partial charge in [-0.1, -0.05) is 29.8 Å². The number of halogens is 2. The van der Waals surface area contributed by atoms with Gasteiger partial charge < -0.3 is 10.6 Å². The fourth-order valence-electron chi connectivity index (χ4n) is 1.62. The van der Waals surface area contributed by atoms with Crippen LogP contribution in [0.3, 0.4) is 0 Å². The first kappa shape index (κ1) is 22.4. The lowest BCUT2D eigenvalue weighted by atomic mass is 10.2. The third-order valence-corrected chi connectivity index (χ3v) is 4.60. The molecule has 23 heavy (non-hydrogen) atoms. The van der Waals surface area contributed by atoms with E-state index in [9.17, 15) is 8.42 Å². The minimum atomic E-state index is -3.16. The van der Waals surface area contributed by atoms with Crippen LogP contribution in [0, 0.1) is 0 Å². The van der Waals surface area contributed by atoms with Gasteiger partial charge in [-0.05, 0) is 25.5 Å². The Morgan fingerprint density at radius 1 is 1.17 bits per heavy atom. The molecule has 9 heteroatoms. The summed E-state index contributed by atoms with van der Waals surface area (Å²) in [6.07, 6.45) is 0. The molecule has 1 aromatic carbocycles. The van der Waals surface area contributed by atoms with Crippen molar-refractivity contribution in [2.75, 3.05) is 25.4 Å². The van der Waals surface area contributed by atoms with E-state index < -0.39 is 10.0 Å². The zero-order valence-corrected chi connectivity index (χ0v) is 17.2. The number of rotatable bonds is 8. The normalized spacial score (nSPS) is 11.7. The molecule has 0 saturated heterocycles. The first-order valence-electron chi connectivity index (χ1n) is 7.21. The number of sulfonamides is 1. The van der Waals surface area contributed by atoms with Crippen molar-refractivity contribution < 1.29 is 8.42 Å². The Bertz CT molecular complexity index is 596. The molecule has 0 bridgehead atoms. The Morgan fingerprint density at radius 3 is 2.48 bits per heavy atom. The predicted molar refractivity (Wildman–Crippen MR) is 107 cm³/mol. The molecule has 6 nitrogen and oxygen atoms in total. The molecule has 0 aliphatic heterocycles. The predicted octanol–water partition coefficient (Wildman–Crippen LogP) is 1.95. The van der Waals surface area contributed by atoms with Crippen molar-refractivity contribution in [1.29, 1.82) is 0 Å². The van der Waals surface area contributed by atoms with Crippen LogP contribution in [0.4, 0.5) is 0 Å². The fraction of sp³-hybridized carbons (Fsp3) is 0.500. The Labute approximate surface area is 160 Å². The van der Waals surface area contributed by atoms with Gasteiger partial charge in [-0.15, -0.1) is 24.0 Å².